The molecule has 14 heavy (non-hydrogen) atoms. The second kappa shape index (κ2) is 3.75. The minimum atomic E-state index is -0.293. The summed E-state index contributed by atoms with van der Waals surface area (Å²) in [6.45, 7) is 0. The molecule has 0 radical (unpaired) electrons. The third kappa shape index (κ3) is 1.61. The SMILES string of the molecule is O=CCCc1cccc2oc(=O)sc12. The molecule has 4 heteroatoms. The van der Waals surface area contributed by atoms with Gasteiger partial charge in [-0.2, -0.15) is 0 Å². The largest absolute Gasteiger partial charge is 0.414 e. The standard InChI is InChI=1S/C10H8O3S/c11-6-2-4-7-3-1-5-8-9(7)14-10(12)13-8/h1,3,5-6H,2,4H2. The first kappa shape index (κ1) is 9.15. The molecule has 3 nitrogen and oxygen atoms in total. The predicted octanol–water partition coefficient (Wildman–Crippen LogP) is 1.99. The molecule has 72 valence electrons. The summed E-state index contributed by atoms with van der Waals surface area (Å²) in [5.41, 5.74) is 1.62. The summed E-state index contributed by atoms with van der Waals surface area (Å²) in [5.74, 6) is 0. The van der Waals surface area contributed by atoms with Crippen LogP contribution in [0, 0.1) is 0 Å². The van der Waals surface area contributed by atoms with Gasteiger partial charge >= 0.3 is 4.94 Å². The van der Waals surface area contributed by atoms with E-state index < -0.39 is 0 Å². The zero-order valence-corrected chi connectivity index (χ0v) is 8.17. The molecule has 1 aromatic heterocycles. The number of rotatable bonds is 3. The van der Waals surface area contributed by atoms with Gasteiger partial charge in [0.25, 0.3) is 0 Å². The number of aryl methyl sites for hydroxylation is 1. The molecule has 0 saturated heterocycles. The average molecular weight is 208 g/mol. The van der Waals surface area contributed by atoms with Crippen molar-refractivity contribution >= 4 is 27.9 Å². The van der Waals surface area contributed by atoms with Crippen LogP contribution in [-0.4, -0.2) is 6.29 Å². The van der Waals surface area contributed by atoms with Crippen LogP contribution in [0.3, 0.4) is 0 Å². The minimum Gasteiger partial charge on any atom is -0.414 e. The summed E-state index contributed by atoms with van der Waals surface area (Å²) in [7, 11) is 0. The van der Waals surface area contributed by atoms with Gasteiger partial charge in [-0.25, -0.2) is 4.79 Å². The van der Waals surface area contributed by atoms with Crippen LogP contribution in [0.25, 0.3) is 10.3 Å². The van der Waals surface area contributed by atoms with Crippen molar-refractivity contribution in [3.05, 3.63) is 33.5 Å². The molecule has 0 aliphatic carbocycles. The third-order valence-electron chi connectivity index (χ3n) is 1.97. The number of fused-ring (bicyclic) bond motifs is 1. The Morgan fingerprint density at radius 1 is 1.43 bits per heavy atom. The second-order valence-corrected chi connectivity index (χ2v) is 3.85. The second-order valence-electron chi connectivity index (χ2n) is 2.90. The molecule has 0 N–H and O–H groups in total. The number of hydrogen-bond acceptors (Lipinski definition) is 4. The highest BCUT2D eigenvalue weighted by Crippen LogP contribution is 2.22. The molecule has 0 bridgehead atoms. The lowest BCUT2D eigenvalue weighted by Crippen LogP contribution is -1.85. The van der Waals surface area contributed by atoms with Gasteiger partial charge < -0.3 is 9.21 Å². The molecular formula is C10H8O3S. The summed E-state index contributed by atoms with van der Waals surface area (Å²) in [6.07, 6.45) is 2.02. The van der Waals surface area contributed by atoms with Crippen molar-refractivity contribution < 1.29 is 9.21 Å². The molecule has 0 aliphatic heterocycles. The fourth-order valence-electron chi connectivity index (χ4n) is 1.36. The van der Waals surface area contributed by atoms with Gasteiger partial charge in [0.2, 0.25) is 0 Å². The van der Waals surface area contributed by atoms with Crippen LogP contribution in [0.4, 0.5) is 0 Å². The Balaban J connectivity index is 2.52. The Morgan fingerprint density at radius 3 is 3.07 bits per heavy atom. The van der Waals surface area contributed by atoms with Crippen LogP contribution >= 0.6 is 11.3 Å². The zero-order valence-electron chi connectivity index (χ0n) is 7.36. The summed E-state index contributed by atoms with van der Waals surface area (Å²) in [4.78, 5) is 20.9. The maximum atomic E-state index is 11.0. The van der Waals surface area contributed by atoms with Crippen LogP contribution in [0.1, 0.15) is 12.0 Å². The Labute approximate surface area is 84.0 Å². The summed E-state index contributed by atoms with van der Waals surface area (Å²) in [5, 5.41) is 0. The molecule has 0 atom stereocenters. The van der Waals surface area contributed by atoms with Gasteiger partial charge in [-0.15, -0.1) is 0 Å². The fourth-order valence-corrected chi connectivity index (χ4v) is 2.17. The first-order valence-corrected chi connectivity index (χ1v) is 5.08. The minimum absolute atomic E-state index is 0.293. The highest BCUT2D eigenvalue weighted by molar-refractivity contribution is 7.16. The van der Waals surface area contributed by atoms with Crippen molar-refractivity contribution in [3.63, 3.8) is 0 Å². The molecule has 0 amide bonds. The van der Waals surface area contributed by atoms with E-state index in [1.54, 1.807) is 6.07 Å². The van der Waals surface area contributed by atoms with Crippen molar-refractivity contribution in [2.24, 2.45) is 0 Å². The average Bonchev–Trinajstić information content (AvgIpc) is 2.55. The van der Waals surface area contributed by atoms with Crippen LogP contribution in [0.2, 0.25) is 0 Å². The number of benzene rings is 1. The Kier molecular flexibility index (Phi) is 2.45. The molecule has 1 aromatic carbocycles. The number of aldehydes is 1. The molecule has 0 fully saturated rings. The van der Waals surface area contributed by atoms with E-state index in [-0.39, 0.29) is 4.94 Å². The van der Waals surface area contributed by atoms with Crippen LogP contribution < -0.4 is 4.94 Å². The normalized spacial score (nSPS) is 10.6. The predicted molar refractivity (Wildman–Crippen MR) is 54.7 cm³/mol. The summed E-state index contributed by atoms with van der Waals surface area (Å²) in [6, 6.07) is 5.51. The number of carbonyl (C=O) groups is 1. The lowest BCUT2D eigenvalue weighted by molar-refractivity contribution is -0.107. The van der Waals surface area contributed by atoms with E-state index in [0.29, 0.717) is 18.4 Å². The van der Waals surface area contributed by atoms with Gasteiger partial charge in [-0.05, 0) is 18.1 Å². The van der Waals surface area contributed by atoms with Gasteiger partial charge in [0.1, 0.15) is 11.9 Å². The molecule has 0 saturated carbocycles. The first-order chi connectivity index (χ1) is 6.81. The van der Waals surface area contributed by atoms with E-state index in [1.165, 1.54) is 0 Å². The van der Waals surface area contributed by atoms with Crippen LogP contribution in [-0.2, 0) is 11.2 Å². The van der Waals surface area contributed by atoms with Gasteiger partial charge in [-0.1, -0.05) is 23.5 Å². The van der Waals surface area contributed by atoms with E-state index in [0.717, 1.165) is 27.9 Å². The molecule has 0 spiro atoms. The number of hydrogen-bond donors (Lipinski definition) is 0. The molecule has 1 heterocycles. The monoisotopic (exact) mass is 208 g/mol. The van der Waals surface area contributed by atoms with Gasteiger partial charge in [0.05, 0.1) is 4.70 Å². The molecule has 2 aromatic rings. The van der Waals surface area contributed by atoms with E-state index in [4.69, 9.17) is 4.42 Å². The molecular weight excluding hydrogens is 200 g/mol. The third-order valence-corrected chi connectivity index (χ3v) is 2.89. The lowest BCUT2D eigenvalue weighted by atomic mass is 10.1. The van der Waals surface area contributed by atoms with E-state index in [1.807, 2.05) is 12.1 Å². The lowest BCUT2D eigenvalue weighted by Gasteiger charge is -1.96. The zero-order chi connectivity index (χ0) is 9.97. The molecule has 2 rings (SSSR count). The van der Waals surface area contributed by atoms with Crippen LogP contribution in [0.15, 0.2) is 27.4 Å². The van der Waals surface area contributed by atoms with Gasteiger partial charge in [0, 0.05) is 6.42 Å². The van der Waals surface area contributed by atoms with Crippen molar-refractivity contribution in [2.75, 3.05) is 0 Å². The molecule has 0 unspecified atom stereocenters. The molecule has 0 aliphatic rings. The maximum Gasteiger partial charge on any atom is 0.396 e. The van der Waals surface area contributed by atoms with Crippen molar-refractivity contribution in [3.8, 4) is 0 Å². The highest BCUT2D eigenvalue weighted by atomic mass is 32.1. The van der Waals surface area contributed by atoms with Gasteiger partial charge in [0.15, 0.2) is 0 Å². The Hall–Kier alpha value is -1.42. The van der Waals surface area contributed by atoms with E-state index in [2.05, 4.69) is 0 Å². The van der Waals surface area contributed by atoms with Gasteiger partial charge in [-0.3, -0.25) is 0 Å². The maximum absolute atomic E-state index is 11.0. The first-order valence-electron chi connectivity index (χ1n) is 4.26. The topological polar surface area (TPSA) is 47.3 Å². The van der Waals surface area contributed by atoms with Crippen molar-refractivity contribution in [2.45, 2.75) is 12.8 Å². The smallest absolute Gasteiger partial charge is 0.396 e. The summed E-state index contributed by atoms with van der Waals surface area (Å²) < 4.78 is 5.82. The quantitative estimate of drug-likeness (QED) is 0.724. The Morgan fingerprint density at radius 2 is 2.29 bits per heavy atom. The summed E-state index contributed by atoms with van der Waals surface area (Å²) >= 11 is 1.09. The van der Waals surface area contributed by atoms with Crippen LogP contribution in [0.5, 0.6) is 0 Å². The van der Waals surface area contributed by atoms with Crippen molar-refractivity contribution in [1.29, 1.82) is 0 Å². The fraction of sp³-hybridized carbons (Fsp3) is 0.200. The van der Waals surface area contributed by atoms with E-state index >= 15 is 0 Å². The number of carbonyl (C=O) groups excluding carboxylic acids is 1. The van der Waals surface area contributed by atoms with E-state index in [9.17, 15) is 9.59 Å². The highest BCUT2D eigenvalue weighted by Gasteiger charge is 2.06. The van der Waals surface area contributed by atoms with Crippen molar-refractivity contribution in [1.82, 2.24) is 0 Å². The Bertz CT molecular complexity index is 509.